The number of benzene rings is 3. The van der Waals surface area contributed by atoms with Gasteiger partial charge in [0.1, 0.15) is 0 Å². The number of aromatic nitrogens is 2. The molecule has 0 atom stereocenters. The molecule has 5 rings (SSSR count). The Bertz CT molecular complexity index is 1330. The first-order valence-electron chi connectivity index (χ1n) is 10.8. The number of nitrogens with zero attached hydrogens (tertiary/aromatic N) is 2. The third-order valence-electron chi connectivity index (χ3n) is 6.06. The summed E-state index contributed by atoms with van der Waals surface area (Å²) in [6.45, 7) is 2.82. The Morgan fingerprint density at radius 3 is 2.52 bits per heavy atom. The van der Waals surface area contributed by atoms with E-state index in [0.717, 1.165) is 52.5 Å². The van der Waals surface area contributed by atoms with Gasteiger partial charge in [0.25, 0.3) is 5.91 Å². The van der Waals surface area contributed by atoms with Crippen LogP contribution in [0.1, 0.15) is 32.7 Å². The van der Waals surface area contributed by atoms with Crippen molar-refractivity contribution >= 4 is 23.5 Å². The van der Waals surface area contributed by atoms with Crippen molar-refractivity contribution in [2.75, 3.05) is 5.32 Å². The van der Waals surface area contributed by atoms with E-state index in [1.165, 1.54) is 28.6 Å². The van der Waals surface area contributed by atoms with Crippen molar-refractivity contribution in [3.63, 3.8) is 0 Å². The van der Waals surface area contributed by atoms with Crippen molar-refractivity contribution < 1.29 is 4.79 Å². The first-order chi connectivity index (χ1) is 16.0. The maximum Gasteiger partial charge on any atom is 0.269 e. The van der Waals surface area contributed by atoms with Crippen LogP contribution in [0.4, 0.5) is 5.69 Å². The molecule has 5 N–H and O–H groups in total. The number of hydrogen-bond donors (Lipinski definition) is 3. The van der Waals surface area contributed by atoms with Gasteiger partial charge in [-0.15, -0.1) is 0 Å². The lowest BCUT2D eigenvalue weighted by molar-refractivity contribution is 0.0994. The van der Waals surface area contributed by atoms with Gasteiger partial charge in [-0.1, -0.05) is 35.9 Å². The Morgan fingerprint density at radius 2 is 1.82 bits per heavy atom. The van der Waals surface area contributed by atoms with E-state index in [0.29, 0.717) is 5.69 Å². The highest BCUT2D eigenvalue weighted by molar-refractivity contribution is 7.97. The lowest BCUT2D eigenvalue weighted by atomic mass is 9.88. The minimum Gasteiger partial charge on any atom is -0.381 e. The summed E-state index contributed by atoms with van der Waals surface area (Å²) < 4.78 is 1.84. The second-order valence-corrected chi connectivity index (χ2v) is 8.98. The molecule has 0 unspecified atom stereocenters. The predicted molar refractivity (Wildman–Crippen MR) is 133 cm³/mol. The second kappa shape index (κ2) is 8.77. The molecule has 166 valence electrons. The van der Waals surface area contributed by atoms with Crippen LogP contribution >= 0.6 is 11.9 Å². The number of anilines is 1. The van der Waals surface area contributed by atoms with E-state index < -0.39 is 5.91 Å². The molecular weight excluding hydrogens is 430 g/mol. The molecule has 3 aromatic carbocycles. The number of rotatable bonds is 6. The second-order valence-electron chi connectivity index (χ2n) is 8.27. The van der Waals surface area contributed by atoms with Crippen LogP contribution in [0.15, 0.2) is 71.6 Å². The van der Waals surface area contributed by atoms with Gasteiger partial charge in [0, 0.05) is 28.3 Å². The number of hydrogen-bond acceptors (Lipinski definition) is 5. The Kier molecular flexibility index (Phi) is 5.66. The van der Waals surface area contributed by atoms with Gasteiger partial charge in [0.15, 0.2) is 5.69 Å². The Hall–Kier alpha value is -3.55. The summed E-state index contributed by atoms with van der Waals surface area (Å²) in [6.07, 6.45) is 1.57. The van der Waals surface area contributed by atoms with E-state index in [1.54, 1.807) is 0 Å². The molecule has 0 spiro atoms. The number of carbonyl (C=O) groups excluding carboxylic acids is 1. The van der Waals surface area contributed by atoms with Gasteiger partial charge in [0.05, 0.1) is 11.4 Å². The van der Waals surface area contributed by atoms with Crippen LogP contribution in [-0.4, -0.2) is 15.7 Å². The van der Waals surface area contributed by atoms with Gasteiger partial charge < -0.3 is 11.1 Å². The van der Waals surface area contributed by atoms with Crippen LogP contribution in [0.2, 0.25) is 0 Å². The van der Waals surface area contributed by atoms with Crippen molar-refractivity contribution in [2.45, 2.75) is 31.2 Å². The summed E-state index contributed by atoms with van der Waals surface area (Å²) in [4.78, 5) is 13.2. The molecule has 7 heteroatoms. The van der Waals surface area contributed by atoms with Crippen LogP contribution in [0.5, 0.6) is 0 Å². The fraction of sp³-hybridized carbons (Fsp3) is 0.154. The zero-order chi connectivity index (χ0) is 22.9. The maximum atomic E-state index is 12.2. The van der Waals surface area contributed by atoms with Gasteiger partial charge in [-0.2, -0.15) is 5.10 Å². The van der Waals surface area contributed by atoms with E-state index in [4.69, 9.17) is 10.9 Å². The third kappa shape index (κ3) is 4.13. The predicted octanol–water partition coefficient (Wildman–Crippen LogP) is 4.62. The van der Waals surface area contributed by atoms with Crippen molar-refractivity contribution in [1.82, 2.24) is 9.78 Å². The molecule has 0 bridgehead atoms. The minimum absolute atomic E-state index is 0.339. The summed E-state index contributed by atoms with van der Waals surface area (Å²) in [6, 6.07) is 22.7. The molecule has 0 fully saturated rings. The number of primary amides is 1. The smallest absolute Gasteiger partial charge is 0.269 e. The zero-order valence-corrected chi connectivity index (χ0v) is 19.2. The minimum atomic E-state index is -0.503. The molecule has 0 saturated heterocycles. The summed E-state index contributed by atoms with van der Waals surface area (Å²) in [7, 11) is 0. The third-order valence-corrected chi connectivity index (χ3v) is 6.61. The average Bonchev–Trinajstić information content (AvgIpc) is 3.24. The van der Waals surface area contributed by atoms with Crippen LogP contribution in [0.3, 0.4) is 0 Å². The largest absolute Gasteiger partial charge is 0.381 e. The van der Waals surface area contributed by atoms with Gasteiger partial charge in [-0.3, -0.25) is 9.93 Å². The van der Waals surface area contributed by atoms with Crippen molar-refractivity contribution in [2.24, 2.45) is 10.9 Å². The summed E-state index contributed by atoms with van der Waals surface area (Å²) in [5, 5.41) is 13.8. The molecule has 33 heavy (non-hydrogen) atoms. The molecule has 1 aromatic heterocycles. The van der Waals surface area contributed by atoms with Crippen LogP contribution in [-0.2, 0) is 19.4 Å². The highest BCUT2D eigenvalue weighted by atomic mass is 32.2. The number of nitrogens with one attached hydrogen (secondary N) is 1. The number of carbonyl (C=O) groups is 1. The first-order valence-corrected chi connectivity index (χ1v) is 11.7. The lowest BCUT2D eigenvalue weighted by Crippen LogP contribution is -2.15. The normalized spacial score (nSPS) is 12.2. The van der Waals surface area contributed by atoms with E-state index >= 15 is 0 Å². The van der Waals surface area contributed by atoms with Crippen molar-refractivity contribution in [1.29, 1.82) is 0 Å². The molecule has 1 aliphatic carbocycles. The summed E-state index contributed by atoms with van der Waals surface area (Å²) >= 11 is 1.19. The maximum absolute atomic E-state index is 12.2. The number of fused-ring (bicyclic) bond motifs is 3. The van der Waals surface area contributed by atoms with E-state index in [-0.39, 0.29) is 0 Å². The standard InChI is InChI=1S/C26H25N5OS/c1-16-2-4-17(5-3-16)15-29-19-8-6-18-7-13-22-24(26(27)32)30-31(25(22)23(18)14-19)20-9-11-21(33-28)12-10-20/h2-6,8-12,14,29H,7,13,15,28H2,1H3,(H2,27,32). The first kappa shape index (κ1) is 21.3. The van der Waals surface area contributed by atoms with Crippen LogP contribution in [0.25, 0.3) is 16.9 Å². The summed E-state index contributed by atoms with van der Waals surface area (Å²) in [5.41, 5.74) is 14.5. The Balaban J connectivity index is 1.55. The molecule has 0 aliphatic heterocycles. The van der Waals surface area contributed by atoms with Crippen LogP contribution < -0.4 is 16.2 Å². The van der Waals surface area contributed by atoms with Gasteiger partial charge >= 0.3 is 0 Å². The van der Waals surface area contributed by atoms with Gasteiger partial charge in [-0.25, -0.2) is 4.68 Å². The highest BCUT2D eigenvalue weighted by Crippen LogP contribution is 2.38. The van der Waals surface area contributed by atoms with Gasteiger partial charge in [-0.05, 0) is 79.2 Å². The average molecular weight is 456 g/mol. The molecule has 1 heterocycles. The molecule has 6 nitrogen and oxygen atoms in total. The fourth-order valence-electron chi connectivity index (χ4n) is 4.31. The van der Waals surface area contributed by atoms with Crippen molar-refractivity contribution in [3.8, 4) is 16.9 Å². The fourth-order valence-corrected chi connectivity index (χ4v) is 4.60. The molecule has 1 aliphatic rings. The number of aryl methyl sites for hydroxylation is 2. The molecule has 4 aromatic rings. The van der Waals surface area contributed by atoms with Crippen LogP contribution in [0, 0.1) is 6.92 Å². The topological polar surface area (TPSA) is 99.0 Å². The lowest BCUT2D eigenvalue weighted by Gasteiger charge is -2.20. The monoisotopic (exact) mass is 455 g/mol. The summed E-state index contributed by atoms with van der Waals surface area (Å²) in [5.74, 6) is -0.503. The Morgan fingerprint density at radius 1 is 1.06 bits per heavy atom. The molecule has 0 radical (unpaired) electrons. The molecular formula is C26H25N5OS. The van der Waals surface area contributed by atoms with Gasteiger partial charge in [0.2, 0.25) is 0 Å². The quantitative estimate of drug-likeness (QED) is 0.368. The number of nitrogens with two attached hydrogens (primary N) is 2. The van der Waals surface area contributed by atoms with E-state index in [1.807, 2.05) is 28.9 Å². The Labute approximate surface area is 197 Å². The SMILES string of the molecule is Cc1ccc(CNc2ccc3c(c2)-c2c(c(C(N)=O)nn2-c2ccc(SN)cc2)CC3)cc1. The van der Waals surface area contributed by atoms with Crippen molar-refractivity contribution in [3.05, 3.63) is 94.7 Å². The zero-order valence-electron chi connectivity index (χ0n) is 18.3. The van der Waals surface area contributed by atoms with E-state index in [9.17, 15) is 4.79 Å². The van der Waals surface area contributed by atoms with E-state index in [2.05, 4.69) is 59.8 Å². The number of amides is 1. The molecule has 0 saturated carbocycles. The highest BCUT2D eigenvalue weighted by Gasteiger charge is 2.28. The molecule has 1 amide bonds.